The van der Waals surface area contributed by atoms with Crippen LogP contribution >= 0.6 is 11.6 Å². The molecule has 1 atom stereocenters. The number of hydrogen-bond donors (Lipinski definition) is 2. The minimum Gasteiger partial charge on any atom is -0.387 e. The molecule has 3 rings (SSSR count). The smallest absolute Gasteiger partial charge is 0.322 e. The summed E-state index contributed by atoms with van der Waals surface area (Å²) in [5.41, 5.74) is 0.906. The van der Waals surface area contributed by atoms with Crippen LogP contribution in [0.3, 0.4) is 0 Å². The summed E-state index contributed by atoms with van der Waals surface area (Å²) in [6.45, 7) is 0.158. The largest absolute Gasteiger partial charge is 0.387 e. The predicted molar refractivity (Wildman–Crippen MR) is 112 cm³/mol. The molecule has 1 aliphatic rings. The zero-order chi connectivity index (χ0) is 20.8. The van der Waals surface area contributed by atoms with E-state index in [1.54, 1.807) is 4.90 Å². The molecule has 2 amide bonds. The maximum absolute atomic E-state index is 13.1. The van der Waals surface area contributed by atoms with Crippen LogP contribution in [-0.4, -0.2) is 33.5 Å². The van der Waals surface area contributed by atoms with Gasteiger partial charge in [-0.2, -0.15) is 0 Å². The van der Waals surface area contributed by atoms with Gasteiger partial charge in [0.2, 0.25) is 0 Å². The van der Waals surface area contributed by atoms with E-state index in [0.29, 0.717) is 5.69 Å². The molecule has 7 nitrogen and oxygen atoms in total. The molecule has 8 heteroatoms. The van der Waals surface area contributed by atoms with Gasteiger partial charge in [-0.25, -0.2) is 4.79 Å². The highest BCUT2D eigenvalue weighted by Gasteiger charge is 2.28. The number of benzene rings is 2. The third-order valence-corrected chi connectivity index (χ3v) is 5.55. The first-order valence-corrected chi connectivity index (χ1v) is 10.1. The second kappa shape index (κ2) is 9.71. The van der Waals surface area contributed by atoms with Crippen molar-refractivity contribution in [3.8, 4) is 0 Å². The third kappa shape index (κ3) is 5.46. The summed E-state index contributed by atoms with van der Waals surface area (Å²) in [5, 5.41) is 24.4. The van der Waals surface area contributed by atoms with Crippen molar-refractivity contribution in [2.24, 2.45) is 0 Å². The van der Waals surface area contributed by atoms with Gasteiger partial charge in [0, 0.05) is 18.2 Å². The van der Waals surface area contributed by atoms with Crippen molar-refractivity contribution < 1.29 is 14.8 Å². The number of urea groups is 1. The van der Waals surface area contributed by atoms with Crippen molar-refractivity contribution in [3.63, 3.8) is 0 Å². The normalized spacial score (nSPS) is 15.5. The molecular formula is C21H24ClN3O4. The zero-order valence-electron chi connectivity index (χ0n) is 16.0. The van der Waals surface area contributed by atoms with Gasteiger partial charge in [-0.05, 0) is 24.5 Å². The Labute approximate surface area is 174 Å². The Hall–Kier alpha value is -2.64. The van der Waals surface area contributed by atoms with Crippen molar-refractivity contribution in [1.29, 1.82) is 0 Å². The van der Waals surface area contributed by atoms with E-state index in [9.17, 15) is 20.0 Å². The van der Waals surface area contributed by atoms with E-state index in [1.807, 2.05) is 30.3 Å². The number of amides is 2. The molecule has 1 aliphatic carbocycles. The Morgan fingerprint density at radius 2 is 1.90 bits per heavy atom. The Morgan fingerprint density at radius 1 is 1.21 bits per heavy atom. The van der Waals surface area contributed by atoms with Gasteiger partial charge in [0.15, 0.2) is 0 Å². The number of rotatable bonds is 6. The standard InChI is InChI=1S/C21H24ClN3O4/c22-18-13-17(25(28)29)11-12-19(18)23-21(27)24(16-9-5-2-6-10-16)14-20(26)15-7-3-1-4-8-15/h1,3-4,7-8,11-13,16,20,26H,2,5-6,9-10,14H2,(H,23,27). The van der Waals surface area contributed by atoms with Crippen LogP contribution < -0.4 is 5.32 Å². The van der Waals surface area contributed by atoms with Crippen LogP contribution in [0.1, 0.15) is 43.8 Å². The number of hydrogen-bond acceptors (Lipinski definition) is 4. The lowest BCUT2D eigenvalue weighted by Gasteiger charge is -2.35. The number of anilines is 1. The van der Waals surface area contributed by atoms with Gasteiger partial charge in [-0.3, -0.25) is 10.1 Å². The first-order chi connectivity index (χ1) is 14.0. The van der Waals surface area contributed by atoms with Crippen LogP contribution in [0, 0.1) is 10.1 Å². The van der Waals surface area contributed by atoms with E-state index in [4.69, 9.17) is 11.6 Å². The number of nitrogens with one attached hydrogen (secondary N) is 1. The monoisotopic (exact) mass is 417 g/mol. The minimum atomic E-state index is -0.809. The number of carbonyl (C=O) groups is 1. The first-order valence-electron chi connectivity index (χ1n) is 9.70. The summed E-state index contributed by atoms with van der Waals surface area (Å²) in [5.74, 6) is 0. The van der Waals surface area contributed by atoms with Crippen molar-refractivity contribution in [2.75, 3.05) is 11.9 Å². The van der Waals surface area contributed by atoms with Gasteiger partial charge >= 0.3 is 6.03 Å². The van der Waals surface area contributed by atoms with Gasteiger partial charge in [0.25, 0.3) is 5.69 Å². The molecule has 1 unspecified atom stereocenters. The van der Waals surface area contributed by atoms with Crippen LogP contribution in [0.15, 0.2) is 48.5 Å². The van der Waals surface area contributed by atoms with E-state index in [-0.39, 0.29) is 29.3 Å². The zero-order valence-corrected chi connectivity index (χ0v) is 16.7. The molecule has 1 fully saturated rings. The molecular weight excluding hydrogens is 394 g/mol. The quantitative estimate of drug-likeness (QED) is 0.501. The number of aliphatic hydroxyl groups is 1. The number of aliphatic hydroxyl groups excluding tert-OH is 1. The van der Waals surface area contributed by atoms with Crippen molar-refractivity contribution >= 4 is 29.0 Å². The van der Waals surface area contributed by atoms with Gasteiger partial charge in [-0.15, -0.1) is 0 Å². The molecule has 29 heavy (non-hydrogen) atoms. The number of nitro groups is 1. The molecule has 1 saturated carbocycles. The Bertz CT molecular complexity index is 856. The summed E-state index contributed by atoms with van der Waals surface area (Å²) in [6.07, 6.45) is 4.16. The lowest BCUT2D eigenvalue weighted by molar-refractivity contribution is -0.384. The Kier molecular flexibility index (Phi) is 7.06. The summed E-state index contributed by atoms with van der Waals surface area (Å²) in [4.78, 5) is 25.1. The molecule has 0 aliphatic heterocycles. The number of halogens is 1. The number of nitrogens with zero attached hydrogens (tertiary/aromatic N) is 2. The number of nitro benzene ring substituents is 1. The molecule has 0 spiro atoms. The van der Waals surface area contributed by atoms with Gasteiger partial charge in [0.05, 0.1) is 28.3 Å². The van der Waals surface area contributed by atoms with E-state index >= 15 is 0 Å². The van der Waals surface area contributed by atoms with Crippen LogP contribution in [0.4, 0.5) is 16.2 Å². The molecule has 2 aromatic carbocycles. The van der Waals surface area contributed by atoms with E-state index < -0.39 is 11.0 Å². The highest BCUT2D eigenvalue weighted by Crippen LogP contribution is 2.29. The fourth-order valence-electron chi connectivity index (χ4n) is 3.66. The van der Waals surface area contributed by atoms with Crippen molar-refractivity contribution in [2.45, 2.75) is 44.2 Å². The van der Waals surface area contributed by atoms with Crippen LogP contribution in [0.25, 0.3) is 0 Å². The van der Waals surface area contributed by atoms with Crippen LogP contribution in [0.2, 0.25) is 5.02 Å². The van der Waals surface area contributed by atoms with Crippen LogP contribution in [0.5, 0.6) is 0 Å². The topological polar surface area (TPSA) is 95.7 Å². The Morgan fingerprint density at radius 3 is 2.52 bits per heavy atom. The molecule has 0 bridgehead atoms. The summed E-state index contributed by atoms with van der Waals surface area (Å²) in [7, 11) is 0. The third-order valence-electron chi connectivity index (χ3n) is 5.24. The highest BCUT2D eigenvalue weighted by atomic mass is 35.5. The minimum absolute atomic E-state index is 0.0268. The maximum Gasteiger partial charge on any atom is 0.322 e. The maximum atomic E-state index is 13.1. The molecule has 154 valence electrons. The van der Waals surface area contributed by atoms with E-state index in [0.717, 1.165) is 37.7 Å². The highest BCUT2D eigenvalue weighted by molar-refractivity contribution is 6.33. The second-order valence-electron chi connectivity index (χ2n) is 7.22. The molecule has 2 aromatic rings. The number of non-ortho nitro benzene ring substituents is 1. The van der Waals surface area contributed by atoms with E-state index in [2.05, 4.69) is 5.32 Å². The van der Waals surface area contributed by atoms with Crippen molar-refractivity contribution in [3.05, 3.63) is 69.2 Å². The molecule has 0 aromatic heterocycles. The van der Waals surface area contributed by atoms with Gasteiger partial charge in [0.1, 0.15) is 0 Å². The van der Waals surface area contributed by atoms with Gasteiger partial charge < -0.3 is 15.3 Å². The van der Waals surface area contributed by atoms with Crippen LogP contribution in [-0.2, 0) is 0 Å². The average molecular weight is 418 g/mol. The second-order valence-corrected chi connectivity index (χ2v) is 7.63. The molecule has 2 N–H and O–H groups in total. The lowest BCUT2D eigenvalue weighted by Crippen LogP contribution is -2.46. The fraction of sp³-hybridized carbons (Fsp3) is 0.381. The Balaban J connectivity index is 1.78. The lowest BCUT2D eigenvalue weighted by atomic mass is 9.94. The summed E-state index contributed by atoms with van der Waals surface area (Å²) < 4.78 is 0. The summed E-state index contributed by atoms with van der Waals surface area (Å²) in [6, 6.07) is 12.8. The van der Waals surface area contributed by atoms with Gasteiger partial charge in [-0.1, -0.05) is 61.2 Å². The SMILES string of the molecule is O=C(Nc1ccc([N+](=O)[O-])cc1Cl)N(CC(O)c1ccccc1)C1CCCCC1. The summed E-state index contributed by atoms with van der Waals surface area (Å²) >= 11 is 6.12. The van der Waals surface area contributed by atoms with Crippen molar-refractivity contribution in [1.82, 2.24) is 4.90 Å². The van der Waals surface area contributed by atoms with E-state index in [1.165, 1.54) is 18.2 Å². The molecule has 0 heterocycles. The molecule has 0 radical (unpaired) electrons. The first kappa shape index (κ1) is 21.1. The average Bonchev–Trinajstić information content (AvgIpc) is 2.74. The number of carbonyl (C=O) groups excluding carboxylic acids is 1. The fourth-order valence-corrected chi connectivity index (χ4v) is 3.89. The molecule has 0 saturated heterocycles. The predicted octanol–water partition coefficient (Wildman–Crippen LogP) is 5.15.